The third kappa shape index (κ3) is 3.03. The van der Waals surface area contributed by atoms with Crippen LogP contribution >= 0.6 is 11.6 Å². The van der Waals surface area contributed by atoms with Crippen LogP contribution in [0.25, 0.3) is 0 Å². The van der Waals surface area contributed by atoms with E-state index in [1.165, 1.54) is 0 Å². The van der Waals surface area contributed by atoms with Gasteiger partial charge in [0.2, 0.25) is 0 Å². The SMILES string of the molecule is Cc1c(Oc2ccc(Cl)cc2)cnn1CCCN. The van der Waals surface area contributed by atoms with Crippen LogP contribution in [-0.4, -0.2) is 16.3 Å². The Morgan fingerprint density at radius 2 is 2.06 bits per heavy atom. The molecule has 96 valence electrons. The van der Waals surface area contributed by atoms with Crippen LogP contribution in [0.15, 0.2) is 30.5 Å². The van der Waals surface area contributed by atoms with E-state index in [1.54, 1.807) is 18.3 Å². The molecule has 0 fully saturated rings. The van der Waals surface area contributed by atoms with E-state index in [4.69, 9.17) is 22.1 Å². The molecule has 1 aromatic carbocycles. The van der Waals surface area contributed by atoms with Crippen molar-refractivity contribution in [2.45, 2.75) is 19.9 Å². The highest BCUT2D eigenvalue weighted by molar-refractivity contribution is 6.30. The average Bonchev–Trinajstić information content (AvgIpc) is 2.71. The number of hydrogen-bond acceptors (Lipinski definition) is 3. The first-order valence-corrected chi connectivity index (χ1v) is 6.24. The summed E-state index contributed by atoms with van der Waals surface area (Å²) in [6.07, 6.45) is 2.63. The smallest absolute Gasteiger partial charge is 0.168 e. The Morgan fingerprint density at radius 1 is 1.33 bits per heavy atom. The zero-order valence-electron chi connectivity index (χ0n) is 10.3. The normalized spacial score (nSPS) is 10.6. The van der Waals surface area contributed by atoms with Gasteiger partial charge >= 0.3 is 0 Å². The molecule has 0 atom stereocenters. The molecule has 4 nitrogen and oxygen atoms in total. The van der Waals surface area contributed by atoms with E-state index in [-0.39, 0.29) is 0 Å². The van der Waals surface area contributed by atoms with Gasteiger partial charge in [0.05, 0.1) is 11.9 Å². The van der Waals surface area contributed by atoms with E-state index in [0.29, 0.717) is 11.6 Å². The Balaban J connectivity index is 2.09. The second kappa shape index (κ2) is 5.89. The van der Waals surface area contributed by atoms with Crippen LogP contribution in [0.2, 0.25) is 5.02 Å². The Kier molecular flexibility index (Phi) is 4.23. The number of hydrogen-bond donors (Lipinski definition) is 1. The predicted molar refractivity (Wildman–Crippen MR) is 72.2 cm³/mol. The fourth-order valence-corrected chi connectivity index (χ4v) is 1.75. The van der Waals surface area contributed by atoms with Gasteiger partial charge < -0.3 is 10.5 Å². The quantitative estimate of drug-likeness (QED) is 0.904. The van der Waals surface area contributed by atoms with Crippen LogP contribution in [0.4, 0.5) is 0 Å². The molecule has 1 heterocycles. The van der Waals surface area contributed by atoms with E-state index in [9.17, 15) is 0 Å². The molecule has 0 radical (unpaired) electrons. The van der Waals surface area contributed by atoms with Crippen molar-refractivity contribution in [3.8, 4) is 11.5 Å². The predicted octanol–water partition coefficient (Wildman–Crippen LogP) is 2.99. The van der Waals surface area contributed by atoms with Gasteiger partial charge in [0, 0.05) is 11.6 Å². The lowest BCUT2D eigenvalue weighted by Crippen LogP contribution is -2.08. The van der Waals surface area contributed by atoms with Crippen LogP contribution < -0.4 is 10.5 Å². The maximum absolute atomic E-state index is 5.82. The van der Waals surface area contributed by atoms with Gasteiger partial charge in [0.15, 0.2) is 5.75 Å². The number of nitrogens with zero attached hydrogens (tertiary/aromatic N) is 2. The number of aryl methyl sites for hydroxylation is 1. The lowest BCUT2D eigenvalue weighted by atomic mass is 10.3. The summed E-state index contributed by atoms with van der Waals surface area (Å²) < 4.78 is 7.65. The molecule has 0 aliphatic rings. The number of ether oxygens (including phenoxy) is 1. The monoisotopic (exact) mass is 265 g/mol. The van der Waals surface area contributed by atoms with Gasteiger partial charge in [-0.25, -0.2) is 0 Å². The summed E-state index contributed by atoms with van der Waals surface area (Å²) in [6.45, 7) is 3.45. The minimum absolute atomic E-state index is 0.659. The Labute approximate surface area is 111 Å². The molecule has 0 bridgehead atoms. The maximum atomic E-state index is 5.82. The molecule has 0 spiro atoms. The zero-order chi connectivity index (χ0) is 13.0. The number of rotatable bonds is 5. The van der Waals surface area contributed by atoms with Crippen molar-refractivity contribution in [2.24, 2.45) is 5.73 Å². The Hall–Kier alpha value is -1.52. The molecular formula is C13H16ClN3O. The summed E-state index contributed by atoms with van der Waals surface area (Å²) >= 11 is 5.82. The number of nitrogens with two attached hydrogens (primary N) is 1. The van der Waals surface area contributed by atoms with Crippen LogP contribution in [0.1, 0.15) is 12.1 Å². The average molecular weight is 266 g/mol. The van der Waals surface area contributed by atoms with Gasteiger partial charge in [-0.3, -0.25) is 4.68 Å². The summed E-state index contributed by atoms with van der Waals surface area (Å²) in [5.74, 6) is 1.51. The molecule has 0 saturated heterocycles. The first kappa shape index (κ1) is 12.9. The first-order chi connectivity index (χ1) is 8.70. The van der Waals surface area contributed by atoms with Crippen LogP contribution in [0.5, 0.6) is 11.5 Å². The lowest BCUT2D eigenvalue weighted by molar-refractivity contribution is 0.474. The Bertz CT molecular complexity index is 507. The molecule has 0 amide bonds. The molecule has 1 aromatic heterocycles. The molecule has 18 heavy (non-hydrogen) atoms. The number of aromatic nitrogens is 2. The fourth-order valence-electron chi connectivity index (χ4n) is 1.63. The molecule has 2 rings (SSSR count). The van der Waals surface area contributed by atoms with Gasteiger partial charge in [-0.15, -0.1) is 0 Å². The highest BCUT2D eigenvalue weighted by atomic mass is 35.5. The van der Waals surface area contributed by atoms with Gasteiger partial charge in [-0.05, 0) is 44.2 Å². The van der Waals surface area contributed by atoms with Crippen molar-refractivity contribution in [1.29, 1.82) is 0 Å². The highest BCUT2D eigenvalue weighted by Gasteiger charge is 2.08. The maximum Gasteiger partial charge on any atom is 0.168 e. The third-order valence-corrected chi connectivity index (χ3v) is 2.93. The van der Waals surface area contributed by atoms with Crippen molar-refractivity contribution in [1.82, 2.24) is 9.78 Å². The van der Waals surface area contributed by atoms with Gasteiger partial charge in [-0.2, -0.15) is 5.10 Å². The van der Waals surface area contributed by atoms with Gasteiger partial charge in [-0.1, -0.05) is 11.6 Å². The molecule has 0 aliphatic carbocycles. The number of benzene rings is 1. The van der Waals surface area contributed by atoms with Gasteiger partial charge in [0.25, 0.3) is 0 Å². The largest absolute Gasteiger partial charge is 0.454 e. The zero-order valence-corrected chi connectivity index (χ0v) is 11.0. The van der Waals surface area contributed by atoms with Crippen molar-refractivity contribution in [3.05, 3.63) is 41.2 Å². The van der Waals surface area contributed by atoms with Crippen LogP contribution in [-0.2, 0) is 6.54 Å². The standard InChI is InChI=1S/C13H16ClN3O/c1-10-13(9-16-17(10)8-2-7-15)18-12-5-3-11(14)4-6-12/h3-6,9H,2,7-8,15H2,1H3. The van der Waals surface area contributed by atoms with Gasteiger partial charge in [0.1, 0.15) is 5.75 Å². The van der Waals surface area contributed by atoms with E-state index < -0.39 is 0 Å². The summed E-state index contributed by atoms with van der Waals surface area (Å²) in [7, 11) is 0. The van der Waals surface area contributed by atoms with Crippen molar-refractivity contribution < 1.29 is 4.74 Å². The molecule has 0 aliphatic heterocycles. The van der Waals surface area contributed by atoms with Crippen LogP contribution in [0, 0.1) is 6.92 Å². The van der Waals surface area contributed by atoms with Crippen molar-refractivity contribution >= 4 is 11.6 Å². The third-order valence-electron chi connectivity index (χ3n) is 2.67. The van der Waals surface area contributed by atoms with E-state index in [0.717, 1.165) is 30.2 Å². The first-order valence-electron chi connectivity index (χ1n) is 5.86. The second-order valence-corrected chi connectivity index (χ2v) is 4.45. The van der Waals surface area contributed by atoms with Crippen molar-refractivity contribution in [3.63, 3.8) is 0 Å². The minimum atomic E-state index is 0.659. The minimum Gasteiger partial charge on any atom is -0.454 e. The fraction of sp³-hybridized carbons (Fsp3) is 0.308. The summed E-state index contributed by atoms with van der Waals surface area (Å²) in [5.41, 5.74) is 6.48. The second-order valence-electron chi connectivity index (χ2n) is 4.02. The van der Waals surface area contributed by atoms with Crippen LogP contribution in [0.3, 0.4) is 0 Å². The molecule has 2 aromatic rings. The summed E-state index contributed by atoms with van der Waals surface area (Å²) in [6, 6.07) is 7.26. The Morgan fingerprint density at radius 3 is 2.72 bits per heavy atom. The topological polar surface area (TPSA) is 53.1 Å². The molecule has 0 unspecified atom stereocenters. The highest BCUT2D eigenvalue weighted by Crippen LogP contribution is 2.25. The molecule has 0 saturated carbocycles. The van der Waals surface area contributed by atoms with Crippen molar-refractivity contribution in [2.75, 3.05) is 6.54 Å². The molecule has 5 heteroatoms. The van der Waals surface area contributed by atoms with E-state index >= 15 is 0 Å². The molecule has 2 N–H and O–H groups in total. The summed E-state index contributed by atoms with van der Waals surface area (Å²) in [4.78, 5) is 0. The molecular weight excluding hydrogens is 250 g/mol. The van der Waals surface area contributed by atoms with E-state index in [2.05, 4.69) is 5.10 Å². The summed E-state index contributed by atoms with van der Waals surface area (Å²) in [5, 5.41) is 4.97. The number of halogens is 1. The van der Waals surface area contributed by atoms with E-state index in [1.807, 2.05) is 23.7 Å². The lowest BCUT2D eigenvalue weighted by Gasteiger charge is -2.06.